The van der Waals surface area contributed by atoms with E-state index in [4.69, 9.17) is 16.3 Å². The lowest BCUT2D eigenvalue weighted by Crippen LogP contribution is -2.36. The molecule has 138 valence electrons. The Bertz CT molecular complexity index is 716. The Kier molecular flexibility index (Phi) is 6.58. The summed E-state index contributed by atoms with van der Waals surface area (Å²) in [5, 5.41) is 3.46. The van der Waals surface area contributed by atoms with E-state index in [9.17, 15) is 9.18 Å². The maximum Gasteiger partial charge on any atom is 0.220 e. The number of rotatable bonds is 6. The number of nitrogens with one attached hydrogen (secondary N) is 1. The lowest BCUT2D eigenvalue weighted by Gasteiger charge is -2.31. The van der Waals surface area contributed by atoms with Gasteiger partial charge in [-0.05, 0) is 48.9 Å². The van der Waals surface area contributed by atoms with Crippen LogP contribution in [-0.2, 0) is 16.0 Å². The zero-order valence-electron chi connectivity index (χ0n) is 14.5. The Morgan fingerprint density at radius 2 is 2.12 bits per heavy atom. The van der Waals surface area contributed by atoms with Gasteiger partial charge in [0.2, 0.25) is 5.91 Å². The Balaban J connectivity index is 1.67. The fourth-order valence-corrected chi connectivity index (χ4v) is 3.60. The summed E-state index contributed by atoms with van der Waals surface area (Å²) in [6, 6.07) is 8.28. The molecule has 0 radical (unpaired) electrons. The number of nitrogens with zero attached hydrogens (tertiary/aromatic N) is 1. The van der Waals surface area contributed by atoms with Gasteiger partial charge in [-0.25, -0.2) is 4.39 Å². The zero-order chi connectivity index (χ0) is 18.4. The number of carbonyl (C=O) groups is 1. The largest absolute Gasteiger partial charge is 0.381 e. The summed E-state index contributed by atoms with van der Waals surface area (Å²) >= 11 is 6.04. The number of ether oxygens (including phenoxy) is 1. The van der Waals surface area contributed by atoms with Crippen LogP contribution in [0.25, 0.3) is 0 Å². The molecule has 1 aromatic carbocycles. The van der Waals surface area contributed by atoms with Gasteiger partial charge in [-0.15, -0.1) is 0 Å². The molecule has 1 fully saturated rings. The van der Waals surface area contributed by atoms with Gasteiger partial charge in [0, 0.05) is 42.6 Å². The number of hydrogen-bond donors (Lipinski definition) is 1. The number of aromatic nitrogens is 1. The molecule has 6 heteroatoms. The molecule has 1 aliphatic heterocycles. The van der Waals surface area contributed by atoms with E-state index in [-0.39, 0.29) is 30.6 Å². The standard InChI is InChI=1S/C20H22ClFN2O2/c21-17-4-1-5-18(22)16(17)6-7-19(25)24-20(14-8-11-26-12-9-14)15-3-2-10-23-13-15/h1-5,10,13-14,20H,6-9,11-12H2,(H,24,25). The number of amides is 1. The molecule has 0 spiro atoms. The lowest BCUT2D eigenvalue weighted by molar-refractivity contribution is -0.122. The van der Waals surface area contributed by atoms with Crippen LogP contribution in [0.4, 0.5) is 4.39 Å². The third-order valence-electron chi connectivity index (χ3n) is 4.76. The molecule has 26 heavy (non-hydrogen) atoms. The van der Waals surface area contributed by atoms with Gasteiger partial charge >= 0.3 is 0 Å². The van der Waals surface area contributed by atoms with E-state index < -0.39 is 0 Å². The zero-order valence-corrected chi connectivity index (χ0v) is 15.2. The highest BCUT2D eigenvalue weighted by Crippen LogP contribution is 2.30. The van der Waals surface area contributed by atoms with Crippen LogP contribution < -0.4 is 5.32 Å². The van der Waals surface area contributed by atoms with Crippen molar-refractivity contribution in [3.63, 3.8) is 0 Å². The first kappa shape index (κ1) is 18.8. The average molecular weight is 377 g/mol. The van der Waals surface area contributed by atoms with Crippen LogP contribution in [0.5, 0.6) is 0 Å². The molecule has 1 amide bonds. The number of halogens is 2. The molecule has 0 aliphatic carbocycles. The summed E-state index contributed by atoms with van der Waals surface area (Å²) in [5.74, 6) is -0.197. The molecule has 0 saturated carbocycles. The summed E-state index contributed by atoms with van der Waals surface area (Å²) in [6.45, 7) is 1.39. The predicted octanol–water partition coefficient (Wildman–Crippen LogP) is 4.09. The number of carbonyl (C=O) groups excluding carboxylic acids is 1. The van der Waals surface area contributed by atoms with Gasteiger partial charge in [0.25, 0.3) is 0 Å². The van der Waals surface area contributed by atoms with Gasteiger partial charge in [-0.3, -0.25) is 9.78 Å². The van der Waals surface area contributed by atoms with Gasteiger partial charge < -0.3 is 10.1 Å². The van der Waals surface area contributed by atoms with Crippen LogP contribution in [0.15, 0.2) is 42.7 Å². The van der Waals surface area contributed by atoms with E-state index >= 15 is 0 Å². The summed E-state index contributed by atoms with van der Waals surface area (Å²) in [4.78, 5) is 16.7. The molecule has 0 bridgehead atoms. The SMILES string of the molecule is O=C(CCc1c(F)cccc1Cl)NC(c1cccnc1)C1CCOCC1. The van der Waals surface area contributed by atoms with E-state index in [1.807, 2.05) is 12.1 Å². The smallest absolute Gasteiger partial charge is 0.220 e. The van der Waals surface area contributed by atoms with Gasteiger partial charge in [0.05, 0.1) is 6.04 Å². The molecule has 4 nitrogen and oxygen atoms in total. The van der Waals surface area contributed by atoms with Crippen molar-refractivity contribution < 1.29 is 13.9 Å². The minimum atomic E-state index is -0.376. The third-order valence-corrected chi connectivity index (χ3v) is 5.12. The third kappa shape index (κ3) is 4.80. The summed E-state index contributed by atoms with van der Waals surface area (Å²) < 4.78 is 19.3. The molecule has 1 N–H and O–H groups in total. The van der Waals surface area contributed by atoms with Crippen LogP contribution in [0.3, 0.4) is 0 Å². The second-order valence-electron chi connectivity index (χ2n) is 6.48. The van der Waals surface area contributed by atoms with Crippen molar-refractivity contribution in [2.24, 2.45) is 5.92 Å². The van der Waals surface area contributed by atoms with Crippen molar-refractivity contribution in [3.8, 4) is 0 Å². The number of benzene rings is 1. The molecule has 1 atom stereocenters. The van der Waals surface area contributed by atoms with Crippen molar-refractivity contribution >= 4 is 17.5 Å². The Morgan fingerprint density at radius 1 is 1.31 bits per heavy atom. The average Bonchev–Trinajstić information content (AvgIpc) is 2.67. The summed E-state index contributed by atoms with van der Waals surface area (Å²) in [5.41, 5.74) is 1.37. The highest BCUT2D eigenvalue weighted by molar-refractivity contribution is 6.31. The van der Waals surface area contributed by atoms with Gasteiger partial charge in [0.1, 0.15) is 5.82 Å². The van der Waals surface area contributed by atoms with E-state index in [1.54, 1.807) is 24.5 Å². The van der Waals surface area contributed by atoms with E-state index in [0.717, 1.165) is 18.4 Å². The van der Waals surface area contributed by atoms with E-state index in [1.165, 1.54) is 6.07 Å². The van der Waals surface area contributed by atoms with Crippen LogP contribution in [-0.4, -0.2) is 24.1 Å². The second-order valence-corrected chi connectivity index (χ2v) is 6.89. The topological polar surface area (TPSA) is 51.2 Å². The molecule has 1 saturated heterocycles. The van der Waals surface area contributed by atoms with Gasteiger partial charge in [-0.2, -0.15) is 0 Å². The fraction of sp³-hybridized carbons (Fsp3) is 0.400. The highest BCUT2D eigenvalue weighted by Gasteiger charge is 2.27. The molecule has 3 rings (SSSR count). The Labute approximate surface area is 157 Å². The molecule has 2 heterocycles. The monoisotopic (exact) mass is 376 g/mol. The second kappa shape index (κ2) is 9.10. The molecular formula is C20H22ClFN2O2. The normalized spacial score (nSPS) is 16.2. The molecule has 2 aromatic rings. The molecule has 1 aromatic heterocycles. The molecular weight excluding hydrogens is 355 g/mol. The number of hydrogen-bond acceptors (Lipinski definition) is 3. The van der Waals surface area contributed by atoms with Crippen LogP contribution in [0.2, 0.25) is 5.02 Å². The van der Waals surface area contributed by atoms with Gasteiger partial charge in [0.15, 0.2) is 0 Å². The first-order chi connectivity index (χ1) is 12.6. The van der Waals surface area contributed by atoms with Crippen LogP contribution >= 0.6 is 11.6 Å². The van der Waals surface area contributed by atoms with Crippen LogP contribution in [0, 0.1) is 11.7 Å². The first-order valence-electron chi connectivity index (χ1n) is 8.85. The maximum atomic E-state index is 13.9. The Morgan fingerprint density at radius 3 is 2.81 bits per heavy atom. The van der Waals surface area contributed by atoms with Gasteiger partial charge in [-0.1, -0.05) is 23.7 Å². The quantitative estimate of drug-likeness (QED) is 0.826. The summed E-state index contributed by atoms with van der Waals surface area (Å²) in [6.07, 6.45) is 5.73. The van der Waals surface area contributed by atoms with Crippen molar-refractivity contribution in [1.29, 1.82) is 0 Å². The van der Waals surface area contributed by atoms with Crippen molar-refractivity contribution in [2.45, 2.75) is 31.7 Å². The number of pyridine rings is 1. The molecule has 1 aliphatic rings. The molecule has 1 unspecified atom stereocenters. The highest BCUT2D eigenvalue weighted by atomic mass is 35.5. The first-order valence-corrected chi connectivity index (χ1v) is 9.23. The predicted molar refractivity (Wildman–Crippen MR) is 98.4 cm³/mol. The van der Waals surface area contributed by atoms with E-state index in [2.05, 4.69) is 10.3 Å². The minimum Gasteiger partial charge on any atom is -0.381 e. The van der Waals surface area contributed by atoms with Crippen molar-refractivity contribution in [2.75, 3.05) is 13.2 Å². The maximum absolute atomic E-state index is 13.9. The van der Waals surface area contributed by atoms with E-state index in [0.29, 0.717) is 29.7 Å². The lowest BCUT2D eigenvalue weighted by atomic mass is 9.87. The van der Waals surface area contributed by atoms with Crippen molar-refractivity contribution in [1.82, 2.24) is 10.3 Å². The van der Waals surface area contributed by atoms with Crippen molar-refractivity contribution in [3.05, 3.63) is 64.7 Å². The Hall–Kier alpha value is -1.98. The van der Waals surface area contributed by atoms with Crippen LogP contribution in [0.1, 0.15) is 36.4 Å². The minimum absolute atomic E-state index is 0.115. The fourth-order valence-electron chi connectivity index (χ4n) is 3.34. The summed E-state index contributed by atoms with van der Waals surface area (Å²) in [7, 11) is 0.